The van der Waals surface area contributed by atoms with Crippen molar-refractivity contribution < 1.29 is 9.59 Å². The molecule has 0 aromatic heterocycles. The third-order valence-electron chi connectivity index (χ3n) is 2.06. The highest BCUT2D eigenvalue weighted by atomic mass is 35.5. The van der Waals surface area contributed by atoms with Crippen molar-refractivity contribution in [2.75, 3.05) is 0 Å². The Morgan fingerprint density at radius 3 is 2.50 bits per heavy atom. The van der Waals surface area contributed by atoms with E-state index in [1.165, 1.54) is 0 Å². The number of rotatable bonds is 1. The molecule has 2 rings (SSSR count). The fraction of sp³-hybridized carbons (Fsp3) is 0. The maximum absolute atomic E-state index is 11.5. The number of fused-ring (bicyclic) bond motifs is 1. The van der Waals surface area contributed by atoms with E-state index < -0.39 is 11.6 Å². The highest BCUT2D eigenvalue weighted by Crippen LogP contribution is 2.20. The summed E-state index contributed by atoms with van der Waals surface area (Å²) < 4.78 is 0. The Morgan fingerprint density at radius 1 is 1.07 bits per heavy atom. The van der Waals surface area contributed by atoms with Crippen molar-refractivity contribution in [1.29, 1.82) is 0 Å². The molecule has 0 unspecified atom stereocenters. The van der Waals surface area contributed by atoms with Crippen LogP contribution in [0.15, 0.2) is 30.0 Å². The number of carbonyl (C=O) groups is 2. The van der Waals surface area contributed by atoms with Gasteiger partial charge in [0.25, 0.3) is 5.78 Å². The number of Topliss-reactive ketones (excluding diaryl/α,β-unsaturated/α-hetero) is 2. The summed E-state index contributed by atoms with van der Waals surface area (Å²) in [5, 5.41) is 0. The van der Waals surface area contributed by atoms with Crippen LogP contribution < -0.4 is 4.84 Å². The Bertz CT molecular complexity index is 451. The molecule has 0 amide bonds. The molecule has 0 saturated heterocycles. The molecule has 0 fully saturated rings. The quantitative estimate of drug-likeness (QED) is 0.561. The molecule has 1 aliphatic rings. The molecular formula is C10H6ClNO2. The maximum atomic E-state index is 11.5. The summed E-state index contributed by atoms with van der Waals surface area (Å²) in [6.45, 7) is 0. The molecule has 0 saturated carbocycles. The summed E-state index contributed by atoms with van der Waals surface area (Å²) in [5.41, 5.74) is 1.25. The van der Waals surface area contributed by atoms with Gasteiger partial charge in [-0.25, -0.2) is 0 Å². The van der Waals surface area contributed by atoms with Gasteiger partial charge in [0, 0.05) is 17.3 Å². The minimum Gasteiger partial charge on any atom is -0.295 e. The van der Waals surface area contributed by atoms with Crippen molar-refractivity contribution in [1.82, 2.24) is 4.84 Å². The molecule has 1 aromatic carbocycles. The van der Waals surface area contributed by atoms with Crippen LogP contribution in [0, 0.1) is 0 Å². The van der Waals surface area contributed by atoms with E-state index in [-0.39, 0.29) is 5.70 Å². The predicted molar refractivity (Wildman–Crippen MR) is 52.7 cm³/mol. The standard InChI is InChI=1S/C10H6ClNO2/c11-12-8-5-6-3-1-2-4-7(6)9(13)10(8)14/h1-5,12H. The van der Waals surface area contributed by atoms with Crippen molar-refractivity contribution in [2.45, 2.75) is 0 Å². The summed E-state index contributed by atoms with van der Waals surface area (Å²) in [6, 6.07) is 6.90. The van der Waals surface area contributed by atoms with E-state index in [9.17, 15) is 9.59 Å². The number of hydrogen-bond acceptors (Lipinski definition) is 3. The van der Waals surface area contributed by atoms with Crippen LogP contribution >= 0.6 is 11.8 Å². The first kappa shape index (κ1) is 8.97. The lowest BCUT2D eigenvalue weighted by molar-refractivity contribution is -0.112. The van der Waals surface area contributed by atoms with Gasteiger partial charge in [0.1, 0.15) is 5.70 Å². The molecular weight excluding hydrogens is 202 g/mol. The first-order valence-corrected chi connectivity index (χ1v) is 4.38. The Morgan fingerprint density at radius 2 is 1.79 bits per heavy atom. The van der Waals surface area contributed by atoms with Crippen LogP contribution in [0.4, 0.5) is 0 Å². The van der Waals surface area contributed by atoms with Crippen molar-refractivity contribution in [3.63, 3.8) is 0 Å². The number of halogens is 1. The molecule has 0 radical (unpaired) electrons. The van der Waals surface area contributed by atoms with Gasteiger partial charge in [-0.15, -0.1) is 0 Å². The van der Waals surface area contributed by atoms with Crippen molar-refractivity contribution in [3.05, 3.63) is 41.1 Å². The van der Waals surface area contributed by atoms with E-state index in [1.807, 2.05) is 0 Å². The number of allylic oxidation sites excluding steroid dienone is 1. The highest BCUT2D eigenvalue weighted by molar-refractivity contribution is 6.52. The van der Waals surface area contributed by atoms with Gasteiger partial charge < -0.3 is 0 Å². The molecule has 0 spiro atoms. The number of benzene rings is 1. The zero-order valence-electron chi connectivity index (χ0n) is 7.08. The summed E-state index contributed by atoms with van der Waals surface area (Å²) in [4.78, 5) is 25.0. The average Bonchev–Trinajstić information content (AvgIpc) is 2.23. The highest BCUT2D eigenvalue weighted by Gasteiger charge is 2.26. The van der Waals surface area contributed by atoms with Gasteiger partial charge in [-0.05, 0) is 11.6 Å². The van der Waals surface area contributed by atoms with E-state index in [0.717, 1.165) is 0 Å². The zero-order valence-corrected chi connectivity index (χ0v) is 7.84. The van der Waals surface area contributed by atoms with Gasteiger partial charge >= 0.3 is 0 Å². The Hall–Kier alpha value is -1.61. The molecule has 0 bridgehead atoms. The number of ketones is 2. The second kappa shape index (κ2) is 3.27. The summed E-state index contributed by atoms with van der Waals surface area (Å²) in [5.74, 6) is -1.12. The van der Waals surface area contributed by atoms with Crippen molar-refractivity contribution in [2.24, 2.45) is 0 Å². The molecule has 0 atom stereocenters. The first-order valence-electron chi connectivity index (χ1n) is 4.00. The molecule has 70 valence electrons. The fourth-order valence-electron chi connectivity index (χ4n) is 1.37. The average molecular weight is 208 g/mol. The van der Waals surface area contributed by atoms with Crippen molar-refractivity contribution >= 4 is 29.4 Å². The van der Waals surface area contributed by atoms with Crippen LogP contribution in [0.3, 0.4) is 0 Å². The van der Waals surface area contributed by atoms with Crippen LogP contribution in [-0.4, -0.2) is 11.6 Å². The van der Waals surface area contributed by atoms with E-state index in [0.29, 0.717) is 11.1 Å². The Labute approximate surface area is 85.5 Å². The molecule has 1 aliphatic carbocycles. The molecule has 1 aromatic rings. The van der Waals surface area contributed by atoms with E-state index in [4.69, 9.17) is 11.8 Å². The lowest BCUT2D eigenvalue weighted by Crippen LogP contribution is -2.25. The monoisotopic (exact) mass is 207 g/mol. The number of nitrogens with one attached hydrogen (secondary N) is 1. The first-order chi connectivity index (χ1) is 6.74. The Balaban J connectivity index is 2.63. The van der Waals surface area contributed by atoms with E-state index in [1.54, 1.807) is 30.3 Å². The maximum Gasteiger partial charge on any atom is 0.250 e. The molecule has 0 heterocycles. The largest absolute Gasteiger partial charge is 0.295 e. The summed E-state index contributed by atoms with van der Waals surface area (Å²) >= 11 is 5.32. The molecule has 14 heavy (non-hydrogen) atoms. The van der Waals surface area contributed by atoms with Gasteiger partial charge in [0.15, 0.2) is 0 Å². The lowest BCUT2D eigenvalue weighted by Gasteiger charge is -2.12. The van der Waals surface area contributed by atoms with Crippen LogP contribution in [0.1, 0.15) is 15.9 Å². The second-order valence-electron chi connectivity index (χ2n) is 2.90. The topological polar surface area (TPSA) is 46.2 Å². The smallest absolute Gasteiger partial charge is 0.250 e. The van der Waals surface area contributed by atoms with Gasteiger partial charge in [-0.1, -0.05) is 24.3 Å². The predicted octanol–water partition coefficient (Wildman–Crippen LogP) is 1.54. The Kier molecular flexibility index (Phi) is 2.09. The lowest BCUT2D eigenvalue weighted by atomic mass is 9.94. The van der Waals surface area contributed by atoms with E-state index in [2.05, 4.69) is 4.84 Å². The minimum atomic E-state index is -0.598. The SMILES string of the molecule is O=C1C(=O)c2ccccc2C=C1NCl. The molecule has 0 aliphatic heterocycles. The van der Waals surface area contributed by atoms with Crippen molar-refractivity contribution in [3.8, 4) is 0 Å². The second-order valence-corrected chi connectivity index (χ2v) is 3.09. The molecule has 3 nitrogen and oxygen atoms in total. The summed E-state index contributed by atoms with van der Waals surface area (Å²) in [7, 11) is 0. The van der Waals surface area contributed by atoms with Gasteiger partial charge in [0.05, 0.1) is 0 Å². The number of hydrogen-bond donors (Lipinski definition) is 1. The zero-order chi connectivity index (χ0) is 10.1. The van der Waals surface area contributed by atoms with E-state index >= 15 is 0 Å². The fourth-order valence-corrected chi connectivity index (χ4v) is 1.51. The van der Waals surface area contributed by atoms with Crippen LogP contribution in [0.25, 0.3) is 6.08 Å². The van der Waals surface area contributed by atoms with Gasteiger partial charge in [0.2, 0.25) is 5.78 Å². The third-order valence-corrected chi connectivity index (χ3v) is 2.26. The third kappa shape index (κ3) is 1.22. The molecule has 1 N–H and O–H groups in total. The van der Waals surface area contributed by atoms with Crippen LogP contribution in [-0.2, 0) is 4.79 Å². The number of carbonyl (C=O) groups excluding carboxylic acids is 2. The van der Waals surface area contributed by atoms with Gasteiger partial charge in [-0.2, -0.15) is 0 Å². The normalized spacial score (nSPS) is 14.8. The van der Waals surface area contributed by atoms with Gasteiger partial charge in [-0.3, -0.25) is 14.4 Å². The van der Waals surface area contributed by atoms with Crippen LogP contribution in [0.5, 0.6) is 0 Å². The summed E-state index contributed by atoms with van der Waals surface area (Å²) in [6.07, 6.45) is 1.56. The molecule has 4 heteroatoms. The minimum absolute atomic E-state index is 0.121. The van der Waals surface area contributed by atoms with Crippen LogP contribution in [0.2, 0.25) is 0 Å².